The summed E-state index contributed by atoms with van der Waals surface area (Å²) >= 11 is 5.34. The van der Waals surface area contributed by atoms with Crippen molar-refractivity contribution in [3.8, 4) is 0 Å². The van der Waals surface area contributed by atoms with Crippen molar-refractivity contribution in [1.82, 2.24) is 15.1 Å². The fourth-order valence-electron chi connectivity index (χ4n) is 2.15. The molecule has 1 heterocycles. The second kappa shape index (κ2) is 6.72. The molecule has 0 amide bonds. The van der Waals surface area contributed by atoms with Crippen molar-refractivity contribution in [2.24, 2.45) is 0 Å². The lowest BCUT2D eigenvalue weighted by Gasteiger charge is -2.11. The number of nitrogens with zero attached hydrogens (tertiary/aromatic N) is 2. The highest BCUT2D eigenvalue weighted by molar-refractivity contribution is 7.80. The number of thiocarbonyl (C=S) groups is 1. The van der Waals surface area contributed by atoms with Crippen LogP contribution < -0.4 is 10.6 Å². The first-order valence-electron chi connectivity index (χ1n) is 7.14. The molecule has 1 aromatic heterocycles. The summed E-state index contributed by atoms with van der Waals surface area (Å²) in [5.41, 5.74) is 5.89. The SMILES string of the molecule is CCn1ncc(CNC(=S)Nc2ccc(C)c(C)c2)c1C. The van der Waals surface area contributed by atoms with Gasteiger partial charge in [0.1, 0.15) is 0 Å². The molecule has 0 bridgehead atoms. The van der Waals surface area contributed by atoms with Gasteiger partial charge in [-0.3, -0.25) is 4.68 Å². The van der Waals surface area contributed by atoms with Crippen molar-refractivity contribution < 1.29 is 0 Å². The van der Waals surface area contributed by atoms with Gasteiger partial charge < -0.3 is 10.6 Å². The van der Waals surface area contributed by atoms with Crippen LogP contribution in [0.2, 0.25) is 0 Å². The summed E-state index contributed by atoms with van der Waals surface area (Å²) in [4.78, 5) is 0. The van der Waals surface area contributed by atoms with Gasteiger partial charge in [-0.1, -0.05) is 6.07 Å². The summed E-state index contributed by atoms with van der Waals surface area (Å²) in [6.45, 7) is 9.93. The van der Waals surface area contributed by atoms with Gasteiger partial charge in [0.25, 0.3) is 0 Å². The smallest absolute Gasteiger partial charge is 0.171 e. The lowest BCUT2D eigenvalue weighted by Crippen LogP contribution is -2.28. The van der Waals surface area contributed by atoms with Crippen LogP contribution in [0, 0.1) is 20.8 Å². The van der Waals surface area contributed by atoms with E-state index in [-0.39, 0.29) is 0 Å². The molecule has 0 saturated carbocycles. The number of hydrogen-bond donors (Lipinski definition) is 2. The third-order valence-corrected chi connectivity index (χ3v) is 3.95. The van der Waals surface area contributed by atoms with Crippen LogP contribution >= 0.6 is 12.2 Å². The first-order chi connectivity index (χ1) is 10.0. The van der Waals surface area contributed by atoms with Crippen LogP contribution in [0.3, 0.4) is 0 Å². The zero-order chi connectivity index (χ0) is 15.4. The van der Waals surface area contributed by atoms with Gasteiger partial charge in [0.15, 0.2) is 5.11 Å². The second-order valence-electron chi connectivity index (χ2n) is 5.18. The Morgan fingerprint density at radius 3 is 2.62 bits per heavy atom. The number of aromatic nitrogens is 2. The van der Waals surface area contributed by atoms with Gasteiger partial charge in [-0.05, 0) is 63.2 Å². The first kappa shape index (κ1) is 15.5. The summed E-state index contributed by atoms with van der Waals surface area (Å²) in [5.74, 6) is 0. The Hall–Kier alpha value is -1.88. The molecule has 0 spiro atoms. The minimum Gasteiger partial charge on any atom is -0.358 e. The average molecular weight is 302 g/mol. The fraction of sp³-hybridized carbons (Fsp3) is 0.375. The summed E-state index contributed by atoms with van der Waals surface area (Å²) in [7, 11) is 0. The van der Waals surface area contributed by atoms with E-state index in [4.69, 9.17) is 12.2 Å². The van der Waals surface area contributed by atoms with Crippen LogP contribution in [0.25, 0.3) is 0 Å². The van der Waals surface area contributed by atoms with Gasteiger partial charge in [-0.15, -0.1) is 0 Å². The minimum atomic E-state index is 0.627. The monoisotopic (exact) mass is 302 g/mol. The highest BCUT2D eigenvalue weighted by atomic mass is 32.1. The molecule has 0 aliphatic carbocycles. The zero-order valence-electron chi connectivity index (χ0n) is 13.0. The standard InChI is InChI=1S/C16H22N4S/c1-5-20-13(4)14(10-18-20)9-17-16(21)19-15-7-6-11(2)12(3)8-15/h6-8,10H,5,9H2,1-4H3,(H2,17,19,21). The Bertz CT molecular complexity index is 646. The molecule has 2 N–H and O–H groups in total. The molecule has 0 unspecified atom stereocenters. The van der Waals surface area contributed by atoms with Crippen molar-refractivity contribution in [3.05, 3.63) is 46.8 Å². The molecular weight excluding hydrogens is 280 g/mol. The molecule has 0 atom stereocenters. The number of nitrogens with one attached hydrogen (secondary N) is 2. The van der Waals surface area contributed by atoms with E-state index in [0.29, 0.717) is 11.7 Å². The second-order valence-corrected chi connectivity index (χ2v) is 5.59. The number of benzene rings is 1. The number of hydrogen-bond acceptors (Lipinski definition) is 2. The molecule has 2 aromatic rings. The molecule has 5 heteroatoms. The third kappa shape index (κ3) is 3.82. The van der Waals surface area contributed by atoms with Gasteiger partial charge in [-0.2, -0.15) is 5.10 Å². The molecule has 1 aromatic carbocycles. The minimum absolute atomic E-state index is 0.627. The predicted octanol–water partition coefficient (Wildman–Crippen LogP) is 3.31. The lowest BCUT2D eigenvalue weighted by atomic mass is 10.1. The highest BCUT2D eigenvalue weighted by Gasteiger charge is 2.06. The molecule has 0 fully saturated rings. The third-order valence-electron chi connectivity index (χ3n) is 3.71. The molecule has 0 saturated heterocycles. The summed E-state index contributed by atoms with van der Waals surface area (Å²) < 4.78 is 1.98. The number of anilines is 1. The summed E-state index contributed by atoms with van der Waals surface area (Å²) in [6, 6.07) is 6.23. The van der Waals surface area contributed by atoms with E-state index in [1.807, 2.05) is 16.9 Å². The van der Waals surface area contributed by atoms with Gasteiger partial charge >= 0.3 is 0 Å². The Balaban J connectivity index is 1.92. The van der Waals surface area contributed by atoms with Crippen molar-refractivity contribution in [2.75, 3.05) is 5.32 Å². The van der Waals surface area contributed by atoms with Crippen LogP contribution in [-0.4, -0.2) is 14.9 Å². The van der Waals surface area contributed by atoms with Crippen molar-refractivity contribution in [3.63, 3.8) is 0 Å². The van der Waals surface area contributed by atoms with E-state index in [0.717, 1.165) is 12.2 Å². The lowest BCUT2D eigenvalue weighted by molar-refractivity contribution is 0.638. The molecule has 4 nitrogen and oxygen atoms in total. The molecular formula is C16H22N4S. The molecule has 0 aliphatic heterocycles. The predicted molar refractivity (Wildman–Crippen MR) is 91.6 cm³/mol. The number of aryl methyl sites for hydroxylation is 3. The summed E-state index contributed by atoms with van der Waals surface area (Å²) in [5, 5.41) is 11.4. The van der Waals surface area contributed by atoms with Gasteiger partial charge in [0.2, 0.25) is 0 Å². The van der Waals surface area contributed by atoms with Crippen LogP contribution in [0.1, 0.15) is 29.3 Å². The van der Waals surface area contributed by atoms with Gasteiger partial charge in [0, 0.05) is 30.0 Å². The Labute approximate surface area is 131 Å². The van der Waals surface area contributed by atoms with E-state index < -0.39 is 0 Å². The Morgan fingerprint density at radius 2 is 2.00 bits per heavy atom. The summed E-state index contributed by atoms with van der Waals surface area (Å²) in [6.07, 6.45) is 1.89. The molecule has 2 rings (SSSR count). The highest BCUT2D eigenvalue weighted by Crippen LogP contribution is 2.14. The normalized spacial score (nSPS) is 10.5. The van der Waals surface area contributed by atoms with E-state index in [1.165, 1.54) is 22.4 Å². The van der Waals surface area contributed by atoms with Crippen molar-refractivity contribution in [1.29, 1.82) is 0 Å². The topological polar surface area (TPSA) is 41.9 Å². The van der Waals surface area contributed by atoms with Crippen LogP contribution in [-0.2, 0) is 13.1 Å². The van der Waals surface area contributed by atoms with Crippen LogP contribution in [0.15, 0.2) is 24.4 Å². The Morgan fingerprint density at radius 1 is 1.24 bits per heavy atom. The quantitative estimate of drug-likeness (QED) is 0.850. The maximum Gasteiger partial charge on any atom is 0.171 e. The van der Waals surface area contributed by atoms with E-state index in [1.54, 1.807) is 0 Å². The molecule has 21 heavy (non-hydrogen) atoms. The van der Waals surface area contributed by atoms with E-state index >= 15 is 0 Å². The van der Waals surface area contributed by atoms with Gasteiger partial charge in [-0.25, -0.2) is 0 Å². The maximum atomic E-state index is 5.34. The zero-order valence-corrected chi connectivity index (χ0v) is 13.8. The molecule has 112 valence electrons. The Kier molecular flexibility index (Phi) is 4.96. The average Bonchev–Trinajstić information content (AvgIpc) is 2.81. The van der Waals surface area contributed by atoms with E-state index in [2.05, 4.69) is 55.6 Å². The van der Waals surface area contributed by atoms with Crippen molar-refractivity contribution >= 4 is 23.0 Å². The van der Waals surface area contributed by atoms with Crippen molar-refractivity contribution in [2.45, 2.75) is 40.8 Å². The van der Waals surface area contributed by atoms with Gasteiger partial charge in [0.05, 0.1) is 6.20 Å². The van der Waals surface area contributed by atoms with Crippen LogP contribution in [0.5, 0.6) is 0 Å². The number of rotatable bonds is 4. The van der Waals surface area contributed by atoms with E-state index in [9.17, 15) is 0 Å². The molecule has 0 radical (unpaired) electrons. The largest absolute Gasteiger partial charge is 0.358 e. The fourth-order valence-corrected chi connectivity index (χ4v) is 2.34. The maximum absolute atomic E-state index is 5.34. The first-order valence-corrected chi connectivity index (χ1v) is 7.55. The molecule has 0 aliphatic rings. The van der Waals surface area contributed by atoms with Crippen LogP contribution in [0.4, 0.5) is 5.69 Å².